The molecular formula is C16H19N3O4. The summed E-state index contributed by atoms with van der Waals surface area (Å²) in [5.74, 6) is 1.11. The summed E-state index contributed by atoms with van der Waals surface area (Å²) in [6.07, 6.45) is 0. The number of methoxy groups -OCH3 is 1. The van der Waals surface area contributed by atoms with Gasteiger partial charge in [-0.25, -0.2) is 0 Å². The Morgan fingerprint density at radius 1 is 1.35 bits per heavy atom. The third-order valence-electron chi connectivity index (χ3n) is 3.24. The van der Waals surface area contributed by atoms with Gasteiger partial charge in [-0.05, 0) is 19.1 Å². The molecule has 0 bridgehead atoms. The van der Waals surface area contributed by atoms with Crippen molar-refractivity contribution in [3.63, 3.8) is 0 Å². The Balaban J connectivity index is 1.97. The number of hydrogen-bond acceptors (Lipinski definition) is 5. The van der Waals surface area contributed by atoms with E-state index in [4.69, 9.17) is 9.26 Å². The number of amides is 2. The Morgan fingerprint density at radius 2 is 2.09 bits per heavy atom. The molecule has 0 unspecified atom stereocenters. The molecule has 0 fully saturated rings. The number of rotatable bonds is 6. The molecular weight excluding hydrogens is 298 g/mol. The van der Waals surface area contributed by atoms with E-state index in [9.17, 15) is 9.59 Å². The highest BCUT2D eigenvalue weighted by Crippen LogP contribution is 2.17. The summed E-state index contributed by atoms with van der Waals surface area (Å²) in [5, 5.41) is 6.58. The first-order valence-corrected chi connectivity index (χ1v) is 7.15. The second-order valence-corrected chi connectivity index (χ2v) is 4.92. The van der Waals surface area contributed by atoms with E-state index in [0.29, 0.717) is 29.4 Å². The maximum atomic E-state index is 12.2. The van der Waals surface area contributed by atoms with Crippen molar-refractivity contribution in [3.8, 4) is 5.75 Å². The van der Waals surface area contributed by atoms with Crippen LogP contribution < -0.4 is 15.0 Å². The molecule has 7 heteroatoms. The minimum atomic E-state index is -0.262. The summed E-state index contributed by atoms with van der Waals surface area (Å²) in [5.41, 5.74) is 0.446. The van der Waals surface area contributed by atoms with Crippen LogP contribution in [0.5, 0.6) is 5.75 Å². The minimum Gasteiger partial charge on any atom is -0.496 e. The molecule has 23 heavy (non-hydrogen) atoms. The summed E-state index contributed by atoms with van der Waals surface area (Å²) >= 11 is 0. The average Bonchev–Trinajstić information content (AvgIpc) is 2.96. The summed E-state index contributed by atoms with van der Waals surface area (Å²) in [6.45, 7) is 3.76. The van der Waals surface area contributed by atoms with Gasteiger partial charge in [0.2, 0.25) is 5.91 Å². The third-order valence-corrected chi connectivity index (χ3v) is 3.24. The van der Waals surface area contributed by atoms with Gasteiger partial charge < -0.3 is 14.6 Å². The molecule has 122 valence electrons. The lowest BCUT2D eigenvalue weighted by atomic mass is 10.2. The second-order valence-electron chi connectivity index (χ2n) is 4.92. The number of hydrogen-bond donors (Lipinski definition) is 1. The monoisotopic (exact) mass is 317 g/mol. The number of aromatic nitrogens is 1. The Morgan fingerprint density at radius 3 is 2.70 bits per heavy atom. The van der Waals surface area contributed by atoms with E-state index < -0.39 is 0 Å². The Labute approximate surface area is 134 Å². The number of carbonyl (C=O) groups is 2. The lowest BCUT2D eigenvalue weighted by molar-refractivity contribution is -0.116. The fourth-order valence-electron chi connectivity index (χ4n) is 2.12. The zero-order valence-corrected chi connectivity index (χ0v) is 13.3. The van der Waals surface area contributed by atoms with Crippen molar-refractivity contribution >= 4 is 17.6 Å². The summed E-state index contributed by atoms with van der Waals surface area (Å²) in [6, 6.07) is 8.62. The van der Waals surface area contributed by atoms with E-state index in [0.717, 1.165) is 0 Å². The van der Waals surface area contributed by atoms with Crippen LogP contribution in [0.25, 0.3) is 0 Å². The van der Waals surface area contributed by atoms with Crippen LogP contribution in [0.1, 0.15) is 23.0 Å². The van der Waals surface area contributed by atoms with Crippen molar-refractivity contribution in [2.24, 2.45) is 0 Å². The molecule has 2 aromatic rings. The van der Waals surface area contributed by atoms with Crippen LogP contribution in [-0.4, -0.2) is 37.2 Å². The van der Waals surface area contributed by atoms with Gasteiger partial charge in [0.05, 0.1) is 12.7 Å². The Bertz CT molecular complexity index is 696. The second kappa shape index (κ2) is 7.44. The fraction of sp³-hybridized carbons (Fsp3) is 0.312. The molecule has 2 amide bonds. The van der Waals surface area contributed by atoms with Crippen molar-refractivity contribution < 1.29 is 18.8 Å². The van der Waals surface area contributed by atoms with Gasteiger partial charge in [0.1, 0.15) is 11.5 Å². The lowest BCUT2D eigenvalue weighted by Crippen LogP contribution is -2.37. The normalized spacial score (nSPS) is 10.2. The number of para-hydroxylation sites is 1. The van der Waals surface area contributed by atoms with Crippen molar-refractivity contribution in [3.05, 3.63) is 41.7 Å². The smallest absolute Gasteiger partial charge is 0.255 e. The topological polar surface area (TPSA) is 84.7 Å². The molecule has 0 spiro atoms. The highest BCUT2D eigenvalue weighted by Gasteiger charge is 2.16. The number of nitrogens with zero attached hydrogens (tertiary/aromatic N) is 2. The first kappa shape index (κ1) is 16.5. The number of anilines is 1. The number of ether oxygens (including phenoxy) is 1. The van der Waals surface area contributed by atoms with Gasteiger partial charge in [0.25, 0.3) is 5.91 Å². The van der Waals surface area contributed by atoms with Crippen LogP contribution in [0.4, 0.5) is 5.82 Å². The molecule has 0 radical (unpaired) electrons. The number of nitrogens with one attached hydrogen (secondary N) is 1. The van der Waals surface area contributed by atoms with Gasteiger partial charge in [0, 0.05) is 26.1 Å². The zero-order valence-electron chi connectivity index (χ0n) is 13.3. The van der Waals surface area contributed by atoms with Crippen molar-refractivity contribution in [2.75, 3.05) is 25.1 Å². The van der Waals surface area contributed by atoms with Crippen molar-refractivity contribution in [2.45, 2.75) is 13.8 Å². The van der Waals surface area contributed by atoms with E-state index >= 15 is 0 Å². The molecule has 1 aromatic heterocycles. The summed E-state index contributed by atoms with van der Waals surface area (Å²) in [7, 11) is 1.51. The standard InChI is InChI=1S/C16H19N3O4/c1-11-10-15(18-23-11)19(12(2)20)9-8-17-16(21)13-6-4-5-7-14(13)22-3/h4-7,10H,8-9H2,1-3H3,(H,17,21). The molecule has 0 saturated carbocycles. The molecule has 1 N–H and O–H groups in total. The van der Waals surface area contributed by atoms with Gasteiger partial charge in [-0.15, -0.1) is 0 Å². The Hall–Kier alpha value is -2.83. The third kappa shape index (κ3) is 4.09. The average molecular weight is 317 g/mol. The first-order chi connectivity index (χ1) is 11.0. The van der Waals surface area contributed by atoms with E-state index in [-0.39, 0.29) is 18.4 Å². The molecule has 0 aliphatic rings. The fourth-order valence-corrected chi connectivity index (χ4v) is 2.12. The highest BCUT2D eigenvalue weighted by molar-refractivity contribution is 5.97. The molecule has 2 rings (SSSR count). The summed E-state index contributed by atoms with van der Waals surface area (Å²) in [4.78, 5) is 25.3. The molecule has 1 heterocycles. The Kier molecular flexibility index (Phi) is 5.35. The van der Waals surface area contributed by atoms with Crippen LogP contribution in [-0.2, 0) is 4.79 Å². The molecule has 0 saturated heterocycles. The first-order valence-electron chi connectivity index (χ1n) is 7.15. The maximum Gasteiger partial charge on any atom is 0.255 e. The summed E-state index contributed by atoms with van der Waals surface area (Å²) < 4.78 is 10.1. The molecule has 7 nitrogen and oxygen atoms in total. The largest absolute Gasteiger partial charge is 0.496 e. The van der Waals surface area contributed by atoms with Gasteiger partial charge in [-0.1, -0.05) is 17.3 Å². The number of carbonyl (C=O) groups excluding carboxylic acids is 2. The van der Waals surface area contributed by atoms with Crippen LogP contribution >= 0.6 is 0 Å². The number of aryl methyl sites for hydroxylation is 1. The van der Waals surface area contributed by atoms with Crippen LogP contribution in [0, 0.1) is 6.92 Å². The van der Waals surface area contributed by atoms with Gasteiger partial charge >= 0.3 is 0 Å². The van der Waals surface area contributed by atoms with E-state index in [1.807, 2.05) is 0 Å². The van der Waals surface area contributed by atoms with Gasteiger partial charge in [0.15, 0.2) is 5.82 Å². The molecule has 0 aliphatic carbocycles. The van der Waals surface area contributed by atoms with Gasteiger partial charge in [-0.2, -0.15) is 0 Å². The highest BCUT2D eigenvalue weighted by atomic mass is 16.5. The predicted molar refractivity (Wildman–Crippen MR) is 84.6 cm³/mol. The zero-order chi connectivity index (χ0) is 16.8. The maximum absolute atomic E-state index is 12.2. The minimum absolute atomic E-state index is 0.176. The van der Waals surface area contributed by atoms with Crippen molar-refractivity contribution in [1.82, 2.24) is 10.5 Å². The van der Waals surface area contributed by atoms with Crippen LogP contribution in [0.3, 0.4) is 0 Å². The van der Waals surface area contributed by atoms with E-state index in [1.54, 1.807) is 37.3 Å². The number of benzene rings is 1. The van der Waals surface area contributed by atoms with Crippen LogP contribution in [0.2, 0.25) is 0 Å². The van der Waals surface area contributed by atoms with Crippen LogP contribution in [0.15, 0.2) is 34.9 Å². The molecule has 0 atom stereocenters. The molecule has 1 aromatic carbocycles. The van der Waals surface area contributed by atoms with Gasteiger partial charge in [-0.3, -0.25) is 14.5 Å². The van der Waals surface area contributed by atoms with E-state index in [1.165, 1.54) is 18.9 Å². The lowest BCUT2D eigenvalue weighted by Gasteiger charge is -2.18. The SMILES string of the molecule is COc1ccccc1C(=O)NCCN(C(C)=O)c1cc(C)on1. The quantitative estimate of drug-likeness (QED) is 0.878. The molecule has 0 aliphatic heterocycles. The predicted octanol–water partition coefficient (Wildman–Crippen LogP) is 1.77. The van der Waals surface area contributed by atoms with E-state index in [2.05, 4.69) is 10.5 Å². The van der Waals surface area contributed by atoms with Crippen molar-refractivity contribution in [1.29, 1.82) is 0 Å².